The van der Waals surface area contributed by atoms with Crippen LogP contribution in [0.5, 0.6) is 5.75 Å². The van der Waals surface area contributed by atoms with Crippen LogP contribution in [0.25, 0.3) is 10.4 Å². The van der Waals surface area contributed by atoms with Crippen LogP contribution in [0.1, 0.15) is 16.0 Å². The molecule has 100 valence electrons. The molecule has 0 spiro atoms. The first-order valence-corrected chi connectivity index (χ1v) is 7.46. The number of hydrogen-bond acceptors (Lipinski definition) is 2. The molecule has 2 aromatic carbocycles. The van der Waals surface area contributed by atoms with Gasteiger partial charge in [0, 0.05) is 9.75 Å². The standard InChI is InChI=1S/C18H16OS/c1-13-2-11-18(20-13)16-7-3-14(4-8-16)12-15-5-9-17(19)10-6-15/h2-11,19H,12H2,1H3. The van der Waals surface area contributed by atoms with Gasteiger partial charge in [-0.25, -0.2) is 0 Å². The molecule has 0 saturated carbocycles. The molecule has 1 heterocycles. The highest BCUT2D eigenvalue weighted by Crippen LogP contribution is 2.28. The Morgan fingerprint density at radius 2 is 1.40 bits per heavy atom. The summed E-state index contributed by atoms with van der Waals surface area (Å²) in [6.45, 7) is 2.13. The zero-order valence-corrected chi connectivity index (χ0v) is 12.2. The lowest BCUT2D eigenvalue weighted by Gasteiger charge is -2.04. The van der Waals surface area contributed by atoms with E-state index in [1.54, 1.807) is 12.1 Å². The van der Waals surface area contributed by atoms with E-state index in [0.717, 1.165) is 6.42 Å². The Morgan fingerprint density at radius 1 is 0.800 bits per heavy atom. The Balaban J connectivity index is 1.77. The zero-order valence-electron chi connectivity index (χ0n) is 11.3. The smallest absolute Gasteiger partial charge is 0.115 e. The maximum Gasteiger partial charge on any atom is 0.115 e. The van der Waals surface area contributed by atoms with Crippen molar-refractivity contribution in [1.82, 2.24) is 0 Å². The van der Waals surface area contributed by atoms with Crippen LogP contribution in [0.4, 0.5) is 0 Å². The van der Waals surface area contributed by atoms with Crippen LogP contribution in [0, 0.1) is 6.92 Å². The van der Waals surface area contributed by atoms with E-state index in [2.05, 4.69) is 43.3 Å². The van der Waals surface area contributed by atoms with Crippen molar-refractivity contribution in [2.45, 2.75) is 13.3 Å². The van der Waals surface area contributed by atoms with Crippen molar-refractivity contribution in [3.63, 3.8) is 0 Å². The van der Waals surface area contributed by atoms with E-state index in [0.29, 0.717) is 5.75 Å². The second kappa shape index (κ2) is 5.51. The Labute approximate surface area is 123 Å². The largest absolute Gasteiger partial charge is 0.508 e. The second-order valence-corrected chi connectivity index (χ2v) is 6.24. The second-order valence-electron chi connectivity index (χ2n) is 4.95. The minimum absolute atomic E-state index is 0.317. The molecular formula is C18H16OS. The molecule has 20 heavy (non-hydrogen) atoms. The molecule has 0 radical (unpaired) electrons. The van der Waals surface area contributed by atoms with E-state index in [1.165, 1.54) is 26.4 Å². The maximum atomic E-state index is 9.29. The van der Waals surface area contributed by atoms with Gasteiger partial charge in [-0.15, -0.1) is 11.3 Å². The third-order valence-corrected chi connectivity index (χ3v) is 4.37. The lowest BCUT2D eigenvalue weighted by molar-refractivity contribution is 0.475. The van der Waals surface area contributed by atoms with Gasteiger partial charge >= 0.3 is 0 Å². The van der Waals surface area contributed by atoms with Gasteiger partial charge in [-0.2, -0.15) is 0 Å². The summed E-state index contributed by atoms with van der Waals surface area (Å²) in [5, 5.41) is 9.29. The monoisotopic (exact) mass is 280 g/mol. The van der Waals surface area contributed by atoms with E-state index in [4.69, 9.17) is 0 Å². The number of aromatic hydroxyl groups is 1. The topological polar surface area (TPSA) is 20.2 Å². The molecule has 0 fully saturated rings. The zero-order chi connectivity index (χ0) is 13.9. The first-order valence-electron chi connectivity index (χ1n) is 6.64. The van der Waals surface area contributed by atoms with Crippen LogP contribution >= 0.6 is 11.3 Å². The summed E-state index contributed by atoms with van der Waals surface area (Å²) in [5.41, 5.74) is 3.77. The van der Waals surface area contributed by atoms with Crippen molar-refractivity contribution in [1.29, 1.82) is 0 Å². The highest BCUT2D eigenvalue weighted by molar-refractivity contribution is 7.15. The number of phenolic OH excluding ortho intramolecular Hbond substituents is 1. The van der Waals surface area contributed by atoms with Crippen LogP contribution in [0.15, 0.2) is 60.7 Å². The number of rotatable bonds is 3. The Bertz CT molecular complexity index is 693. The van der Waals surface area contributed by atoms with Crippen LogP contribution in [0.2, 0.25) is 0 Å². The van der Waals surface area contributed by atoms with Gasteiger partial charge in [0.15, 0.2) is 0 Å². The normalized spacial score (nSPS) is 10.7. The number of phenols is 1. The predicted molar refractivity (Wildman–Crippen MR) is 85.4 cm³/mol. The fraction of sp³-hybridized carbons (Fsp3) is 0.111. The Morgan fingerprint density at radius 3 is 1.95 bits per heavy atom. The summed E-state index contributed by atoms with van der Waals surface area (Å²) in [5.74, 6) is 0.317. The molecule has 0 bridgehead atoms. The molecule has 3 rings (SSSR count). The molecular weight excluding hydrogens is 264 g/mol. The lowest BCUT2D eigenvalue weighted by atomic mass is 10.0. The summed E-state index contributed by atoms with van der Waals surface area (Å²) in [7, 11) is 0. The summed E-state index contributed by atoms with van der Waals surface area (Å²) in [4.78, 5) is 2.66. The van der Waals surface area contributed by atoms with Gasteiger partial charge in [-0.3, -0.25) is 0 Å². The fourth-order valence-electron chi connectivity index (χ4n) is 2.23. The summed E-state index contributed by atoms with van der Waals surface area (Å²) < 4.78 is 0. The van der Waals surface area contributed by atoms with Crippen molar-refractivity contribution in [3.8, 4) is 16.2 Å². The molecule has 0 amide bonds. The molecule has 1 aromatic heterocycles. The highest BCUT2D eigenvalue weighted by Gasteiger charge is 2.02. The molecule has 1 N–H and O–H groups in total. The quantitative estimate of drug-likeness (QED) is 0.714. The van der Waals surface area contributed by atoms with Crippen molar-refractivity contribution >= 4 is 11.3 Å². The molecule has 0 aliphatic heterocycles. The minimum atomic E-state index is 0.317. The maximum absolute atomic E-state index is 9.29. The molecule has 0 unspecified atom stereocenters. The lowest BCUT2D eigenvalue weighted by Crippen LogP contribution is -1.87. The molecule has 1 nitrogen and oxygen atoms in total. The van der Waals surface area contributed by atoms with E-state index in [9.17, 15) is 5.11 Å². The summed E-state index contributed by atoms with van der Waals surface area (Å²) >= 11 is 1.82. The van der Waals surface area contributed by atoms with Gasteiger partial charge < -0.3 is 5.11 Å². The number of benzene rings is 2. The molecule has 0 aliphatic rings. The average molecular weight is 280 g/mol. The van der Waals surface area contributed by atoms with Gasteiger partial charge in [0.2, 0.25) is 0 Å². The number of aryl methyl sites for hydroxylation is 1. The van der Waals surface area contributed by atoms with Gasteiger partial charge in [-0.05, 0) is 54.3 Å². The molecule has 3 aromatic rings. The molecule has 2 heteroatoms. The Kier molecular flexibility index (Phi) is 3.57. The first kappa shape index (κ1) is 12.9. The third kappa shape index (κ3) is 2.91. The predicted octanol–water partition coefficient (Wildman–Crippen LogP) is 5.02. The van der Waals surface area contributed by atoms with Crippen molar-refractivity contribution in [2.75, 3.05) is 0 Å². The minimum Gasteiger partial charge on any atom is -0.508 e. The third-order valence-electron chi connectivity index (χ3n) is 3.32. The van der Waals surface area contributed by atoms with E-state index < -0.39 is 0 Å². The van der Waals surface area contributed by atoms with E-state index >= 15 is 0 Å². The van der Waals surface area contributed by atoms with Crippen LogP contribution in [-0.4, -0.2) is 5.11 Å². The number of hydrogen-bond donors (Lipinski definition) is 1. The van der Waals surface area contributed by atoms with Crippen LogP contribution in [0.3, 0.4) is 0 Å². The van der Waals surface area contributed by atoms with Gasteiger partial charge in [0.1, 0.15) is 5.75 Å². The van der Waals surface area contributed by atoms with Gasteiger partial charge in [-0.1, -0.05) is 36.4 Å². The summed E-state index contributed by atoms with van der Waals surface area (Å²) in [6.07, 6.45) is 0.893. The Hall–Kier alpha value is -2.06. The van der Waals surface area contributed by atoms with E-state index in [-0.39, 0.29) is 0 Å². The molecule has 0 atom stereocenters. The van der Waals surface area contributed by atoms with Crippen molar-refractivity contribution in [3.05, 3.63) is 76.7 Å². The van der Waals surface area contributed by atoms with Crippen LogP contribution < -0.4 is 0 Å². The van der Waals surface area contributed by atoms with Gasteiger partial charge in [0.05, 0.1) is 0 Å². The fourth-order valence-corrected chi connectivity index (χ4v) is 3.10. The SMILES string of the molecule is Cc1ccc(-c2ccc(Cc3ccc(O)cc3)cc2)s1. The summed E-state index contributed by atoms with van der Waals surface area (Å²) in [6, 6.07) is 20.4. The van der Waals surface area contributed by atoms with Gasteiger partial charge in [0.25, 0.3) is 0 Å². The first-order chi connectivity index (χ1) is 9.70. The van der Waals surface area contributed by atoms with Crippen molar-refractivity contribution < 1.29 is 5.11 Å². The van der Waals surface area contributed by atoms with Crippen LogP contribution in [-0.2, 0) is 6.42 Å². The van der Waals surface area contributed by atoms with E-state index in [1.807, 2.05) is 23.5 Å². The highest BCUT2D eigenvalue weighted by atomic mass is 32.1. The molecule has 0 saturated heterocycles. The van der Waals surface area contributed by atoms with Crippen molar-refractivity contribution in [2.24, 2.45) is 0 Å². The molecule has 0 aliphatic carbocycles. The average Bonchev–Trinajstić information content (AvgIpc) is 2.89. The number of thiophene rings is 1.